The van der Waals surface area contributed by atoms with Gasteiger partial charge in [0.15, 0.2) is 0 Å². The summed E-state index contributed by atoms with van der Waals surface area (Å²) in [6.45, 7) is 2.00. The number of hydrogen-bond donors (Lipinski definition) is 0. The number of furan rings is 1. The SMILES string of the molecule is Cc1ccc(C2=Cc3c(cc4c(c3-c3ccccc3)CCC4)[CH]2)o1.[Zr]. The minimum atomic E-state index is 0. The standard InChI is InChI=1S/C23H19O.Zr/c1-15-10-11-22(24-15)19-13-18-12-17-8-5-9-20(17)23(21(18)14-19)16-6-3-2-4-7-16;/h2-4,6-7,10-14H,5,8-9H2,1H3;. The van der Waals surface area contributed by atoms with Crippen molar-refractivity contribution >= 4 is 11.6 Å². The van der Waals surface area contributed by atoms with Gasteiger partial charge in [0.2, 0.25) is 0 Å². The van der Waals surface area contributed by atoms with E-state index >= 15 is 0 Å². The van der Waals surface area contributed by atoms with Crippen molar-refractivity contribution in [1.29, 1.82) is 0 Å². The molecule has 2 aliphatic carbocycles. The molecule has 0 amide bonds. The Morgan fingerprint density at radius 3 is 2.56 bits per heavy atom. The summed E-state index contributed by atoms with van der Waals surface area (Å²) in [5, 5.41) is 0. The maximum Gasteiger partial charge on any atom is 0.130 e. The molecule has 1 radical (unpaired) electrons. The molecule has 2 aromatic carbocycles. The van der Waals surface area contributed by atoms with E-state index in [0.29, 0.717) is 0 Å². The van der Waals surface area contributed by atoms with Crippen molar-refractivity contribution < 1.29 is 30.6 Å². The fourth-order valence-electron chi connectivity index (χ4n) is 4.09. The first-order chi connectivity index (χ1) is 11.8. The zero-order valence-corrected chi connectivity index (χ0v) is 16.8. The van der Waals surface area contributed by atoms with E-state index in [-0.39, 0.29) is 26.2 Å². The quantitative estimate of drug-likeness (QED) is 0.524. The zero-order valence-electron chi connectivity index (χ0n) is 14.3. The van der Waals surface area contributed by atoms with Crippen LogP contribution in [0.2, 0.25) is 0 Å². The fourth-order valence-corrected chi connectivity index (χ4v) is 4.09. The average molecular weight is 403 g/mol. The topological polar surface area (TPSA) is 13.1 Å². The molecule has 1 aromatic heterocycles. The number of aryl methyl sites for hydroxylation is 2. The number of benzene rings is 2. The van der Waals surface area contributed by atoms with Crippen molar-refractivity contribution in [2.75, 3.05) is 0 Å². The van der Waals surface area contributed by atoms with E-state index in [1.165, 1.54) is 52.7 Å². The molecule has 0 saturated carbocycles. The van der Waals surface area contributed by atoms with Crippen LogP contribution in [0.4, 0.5) is 0 Å². The molecule has 0 N–H and O–H groups in total. The summed E-state index contributed by atoms with van der Waals surface area (Å²) in [6, 6.07) is 17.3. The largest absolute Gasteiger partial charge is 0.462 e. The first kappa shape index (κ1) is 16.8. The van der Waals surface area contributed by atoms with Crippen molar-refractivity contribution in [2.45, 2.75) is 26.2 Å². The van der Waals surface area contributed by atoms with Gasteiger partial charge >= 0.3 is 0 Å². The van der Waals surface area contributed by atoms with Crippen molar-refractivity contribution in [3.63, 3.8) is 0 Å². The maximum atomic E-state index is 5.85. The van der Waals surface area contributed by atoms with E-state index in [0.717, 1.165) is 11.5 Å². The molecule has 1 nitrogen and oxygen atoms in total. The van der Waals surface area contributed by atoms with Gasteiger partial charge in [-0.25, -0.2) is 0 Å². The van der Waals surface area contributed by atoms with E-state index in [1.54, 1.807) is 5.56 Å². The van der Waals surface area contributed by atoms with Gasteiger partial charge in [0.25, 0.3) is 0 Å². The monoisotopic (exact) mass is 401 g/mol. The molecule has 3 aromatic rings. The number of rotatable bonds is 2. The molecular formula is C23H19OZr. The Morgan fingerprint density at radius 1 is 0.960 bits per heavy atom. The minimum absolute atomic E-state index is 0. The van der Waals surface area contributed by atoms with Crippen LogP contribution in [0.1, 0.15) is 40.2 Å². The summed E-state index contributed by atoms with van der Waals surface area (Å²) in [5.74, 6) is 1.92. The average Bonchev–Trinajstić information content (AvgIpc) is 3.31. The Bertz CT molecular complexity index is 963. The second kappa shape index (κ2) is 6.58. The van der Waals surface area contributed by atoms with Crippen LogP contribution in [-0.2, 0) is 39.0 Å². The molecule has 1 heterocycles. The van der Waals surface area contributed by atoms with Crippen LogP contribution in [0, 0.1) is 13.3 Å². The van der Waals surface area contributed by atoms with E-state index in [1.807, 2.05) is 13.0 Å². The summed E-state index contributed by atoms with van der Waals surface area (Å²) >= 11 is 0. The van der Waals surface area contributed by atoms with Crippen LogP contribution in [0.15, 0.2) is 52.9 Å². The summed E-state index contributed by atoms with van der Waals surface area (Å²) in [5.41, 5.74) is 9.68. The van der Waals surface area contributed by atoms with Gasteiger partial charge in [0.05, 0.1) is 0 Å². The van der Waals surface area contributed by atoms with Crippen LogP contribution < -0.4 is 0 Å². The molecule has 121 valence electrons. The Labute approximate surface area is 167 Å². The van der Waals surface area contributed by atoms with Gasteiger partial charge in [-0.15, -0.1) is 0 Å². The van der Waals surface area contributed by atoms with Crippen LogP contribution >= 0.6 is 0 Å². The Balaban J connectivity index is 0.00000157. The molecule has 5 rings (SSSR count). The Morgan fingerprint density at radius 2 is 1.80 bits per heavy atom. The predicted molar refractivity (Wildman–Crippen MR) is 98.6 cm³/mol. The van der Waals surface area contributed by atoms with Crippen LogP contribution in [-0.4, -0.2) is 0 Å². The van der Waals surface area contributed by atoms with Gasteiger partial charge in [-0.2, -0.15) is 0 Å². The molecule has 0 aliphatic heterocycles. The summed E-state index contributed by atoms with van der Waals surface area (Å²) < 4.78 is 5.85. The fraction of sp³-hybridized carbons (Fsp3) is 0.174. The van der Waals surface area contributed by atoms with Crippen LogP contribution in [0.5, 0.6) is 0 Å². The molecule has 2 heteroatoms. The molecule has 2 aliphatic rings. The van der Waals surface area contributed by atoms with Gasteiger partial charge in [-0.3, -0.25) is 0 Å². The van der Waals surface area contributed by atoms with Crippen molar-refractivity contribution in [2.24, 2.45) is 0 Å². The second-order valence-corrected chi connectivity index (χ2v) is 6.77. The van der Waals surface area contributed by atoms with Crippen LogP contribution in [0.3, 0.4) is 0 Å². The van der Waals surface area contributed by atoms with E-state index < -0.39 is 0 Å². The first-order valence-electron chi connectivity index (χ1n) is 8.67. The van der Waals surface area contributed by atoms with Gasteiger partial charge in [-0.05, 0) is 77.8 Å². The molecule has 0 saturated heterocycles. The molecule has 0 spiro atoms. The molecule has 0 atom stereocenters. The summed E-state index contributed by atoms with van der Waals surface area (Å²) in [7, 11) is 0. The molecule has 0 bridgehead atoms. The Kier molecular flexibility index (Phi) is 4.42. The second-order valence-electron chi connectivity index (χ2n) is 6.77. The summed E-state index contributed by atoms with van der Waals surface area (Å²) in [6.07, 6.45) is 8.24. The third-order valence-corrected chi connectivity index (χ3v) is 5.17. The van der Waals surface area contributed by atoms with Gasteiger partial charge in [-0.1, -0.05) is 36.4 Å². The number of allylic oxidation sites excluding steroid dienone is 1. The summed E-state index contributed by atoms with van der Waals surface area (Å²) in [4.78, 5) is 0. The van der Waals surface area contributed by atoms with Gasteiger partial charge < -0.3 is 4.42 Å². The van der Waals surface area contributed by atoms with E-state index in [9.17, 15) is 0 Å². The number of fused-ring (bicyclic) bond motifs is 2. The Hall–Kier alpha value is -1.66. The van der Waals surface area contributed by atoms with Crippen molar-refractivity contribution in [1.82, 2.24) is 0 Å². The van der Waals surface area contributed by atoms with Crippen molar-refractivity contribution in [3.8, 4) is 11.1 Å². The van der Waals surface area contributed by atoms with E-state index in [4.69, 9.17) is 4.42 Å². The molecular weight excluding hydrogens is 383 g/mol. The van der Waals surface area contributed by atoms with Gasteiger partial charge in [0.1, 0.15) is 11.5 Å². The third kappa shape index (κ3) is 2.81. The number of hydrogen-bond acceptors (Lipinski definition) is 1. The van der Waals surface area contributed by atoms with Gasteiger partial charge in [0, 0.05) is 38.2 Å². The predicted octanol–water partition coefficient (Wildman–Crippen LogP) is 5.85. The molecule has 0 fully saturated rings. The smallest absolute Gasteiger partial charge is 0.130 e. The molecule has 25 heavy (non-hydrogen) atoms. The maximum absolute atomic E-state index is 5.85. The molecule has 0 unspecified atom stereocenters. The minimum Gasteiger partial charge on any atom is -0.462 e. The third-order valence-electron chi connectivity index (χ3n) is 5.17. The van der Waals surface area contributed by atoms with Crippen LogP contribution in [0.25, 0.3) is 22.8 Å². The zero-order chi connectivity index (χ0) is 16.1. The first-order valence-corrected chi connectivity index (χ1v) is 8.67. The van der Waals surface area contributed by atoms with E-state index in [2.05, 4.69) is 55.0 Å². The van der Waals surface area contributed by atoms with Crippen molar-refractivity contribution in [3.05, 3.63) is 88.7 Å². The normalized spacial score (nSPS) is 14.7.